The Kier molecular flexibility index (Phi) is 5.45. The van der Waals surface area contributed by atoms with Gasteiger partial charge in [0.15, 0.2) is 0 Å². The standard InChI is InChI=1S/C23H18N2O2S/c26-23(25-21-12-6-10-17-7-4-5-11-20(17)21)27-24-16-15-19-13-14-22(28-19)18-8-2-1-3-9-18/h1-14,16H,15H2,(H,25,26). The topological polar surface area (TPSA) is 50.7 Å². The third kappa shape index (κ3) is 4.27. The molecule has 0 bridgehead atoms. The minimum absolute atomic E-state index is 0.608. The molecule has 0 aliphatic rings. The van der Waals surface area contributed by atoms with Gasteiger partial charge in [-0.1, -0.05) is 71.9 Å². The summed E-state index contributed by atoms with van der Waals surface area (Å²) in [5, 5.41) is 8.54. The van der Waals surface area contributed by atoms with Crippen LogP contribution in [-0.2, 0) is 11.3 Å². The maximum Gasteiger partial charge on any atom is 0.437 e. The number of nitrogens with one attached hydrogen (secondary N) is 1. The maximum absolute atomic E-state index is 12.0. The molecule has 138 valence electrons. The zero-order valence-electron chi connectivity index (χ0n) is 15.0. The van der Waals surface area contributed by atoms with E-state index in [1.165, 1.54) is 10.4 Å². The minimum Gasteiger partial charge on any atom is -0.298 e. The van der Waals surface area contributed by atoms with Crippen LogP contribution in [0.2, 0.25) is 0 Å². The van der Waals surface area contributed by atoms with E-state index in [1.54, 1.807) is 17.6 Å². The Morgan fingerprint density at radius 2 is 1.71 bits per heavy atom. The summed E-state index contributed by atoms with van der Waals surface area (Å²) in [4.78, 5) is 19.3. The summed E-state index contributed by atoms with van der Waals surface area (Å²) >= 11 is 1.70. The van der Waals surface area contributed by atoms with E-state index in [0.717, 1.165) is 15.6 Å². The van der Waals surface area contributed by atoms with Crippen molar-refractivity contribution in [3.63, 3.8) is 0 Å². The van der Waals surface area contributed by atoms with Crippen molar-refractivity contribution in [1.82, 2.24) is 0 Å². The van der Waals surface area contributed by atoms with E-state index in [0.29, 0.717) is 12.1 Å². The first-order chi connectivity index (χ1) is 13.8. The molecule has 1 aromatic heterocycles. The lowest BCUT2D eigenvalue weighted by atomic mass is 10.1. The number of rotatable bonds is 5. The second-order valence-corrected chi connectivity index (χ2v) is 7.32. The third-order valence-electron chi connectivity index (χ3n) is 4.25. The van der Waals surface area contributed by atoms with Gasteiger partial charge in [0.25, 0.3) is 0 Å². The van der Waals surface area contributed by atoms with Gasteiger partial charge < -0.3 is 0 Å². The number of hydrogen-bond acceptors (Lipinski definition) is 4. The van der Waals surface area contributed by atoms with Crippen molar-refractivity contribution in [3.05, 3.63) is 89.8 Å². The van der Waals surface area contributed by atoms with Crippen molar-refractivity contribution < 1.29 is 9.63 Å². The summed E-state index contributed by atoms with van der Waals surface area (Å²) in [6.45, 7) is 0. The minimum atomic E-state index is -0.608. The Labute approximate surface area is 167 Å². The van der Waals surface area contributed by atoms with Crippen molar-refractivity contribution in [2.75, 3.05) is 5.32 Å². The summed E-state index contributed by atoms with van der Waals surface area (Å²) in [6, 6.07) is 28.0. The number of benzene rings is 3. The van der Waals surface area contributed by atoms with Gasteiger partial charge in [-0.3, -0.25) is 10.2 Å². The molecule has 0 aliphatic carbocycles. The Morgan fingerprint density at radius 1 is 0.929 bits per heavy atom. The number of oxime groups is 1. The predicted octanol–water partition coefficient (Wildman–Crippen LogP) is 6.35. The zero-order chi connectivity index (χ0) is 19.2. The molecule has 0 spiro atoms. The number of thiophene rings is 1. The molecule has 0 saturated heterocycles. The van der Waals surface area contributed by atoms with Crippen LogP contribution >= 0.6 is 11.3 Å². The summed E-state index contributed by atoms with van der Waals surface area (Å²) < 4.78 is 0. The number of carbonyl (C=O) groups is 1. The molecule has 3 aromatic carbocycles. The van der Waals surface area contributed by atoms with Gasteiger partial charge in [0, 0.05) is 27.8 Å². The third-order valence-corrected chi connectivity index (χ3v) is 5.41. The second kappa shape index (κ2) is 8.50. The van der Waals surface area contributed by atoms with Gasteiger partial charge in [0.1, 0.15) is 0 Å². The molecule has 0 fully saturated rings. The molecule has 0 atom stereocenters. The van der Waals surface area contributed by atoms with E-state index < -0.39 is 6.09 Å². The quantitative estimate of drug-likeness (QED) is 0.247. The number of carbonyl (C=O) groups excluding carboxylic acids is 1. The van der Waals surface area contributed by atoms with Crippen LogP contribution in [0.5, 0.6) is 0 Å². The van der Waals surface area contributed by atoms with Crippen molar-refractivity contribution in [3.8, 4) is 10.4 Å². The van der Waals surface area contributed by atoms with Crippen molar-refractivity contribution >= 4 is 40.1 Å². The van der Waals surface area contributed by atoms with Crippen molar-refractivity contribution in [2.24, 2.45) is 5.16 Å². The van der Waals surface area contributed by atoms with Crippen LogP contribution in [0, 0.1) is 0 Å². The molecule has 5 heteroatoms. The monoisotopic (exact) mass is 386 g/mol. The lowest BCUT2D eigenvalue weighted by Gasteiger charge is -2.06. The van der Waals surface area contributed by atoms with E-state index >= 15 is 0 Å². The molecule has 0 aliphatic heterocycles. The molecule has 0 radical (unpaired) electrons. The van der Waals surface area contributed by atoms with Gasteiger partial charge in [0.2, 0.25) is 0 Å². The van der Waals surface area contributed by atoms with Gasteiger partial charge >= 0.3 is 6.09 Å². The second-order valence-electron chi connectivity index (χ2n) is 6.15. The highest BCUT2D eigenvalue weighted by molar-refractivity contribution is 7.15. The van der Waals surface area contributed by atoms with Crippen LogP contribution < -0.4 is 5.32 Å². The van der Waals surface area contributed by atoms with E-state index in [9.17, 15) is 4.79 Å². The number of nitrogens with zero attached hydrogens (tertiary/aromatic N) is 1. The average molecular weight is 386 g/mol. The largest absolute Gasteiger partial charge is 0.437 e. The maximum atomic E-state index is 12.0. The summed E-state index contributed by atoms with van der Waals surface area (Å²) in [5.41, 5.74) is 1.89. The summed E-state index contributed by atoms with van der Waals surface area (Å²) in [5.74, 6) is 0. The highest BCUT2D eigenvalue weighted by atomic mass is 32.1. The van der Waals surface area contributed by atoms with Gasteiger partial charge in [-0.05, 0) is 29.1 Å². The molecule has 4 rings (SSSR count). The Balaban J connectivity index is 1.33. The smallest absolute Gasteiger partial charge is 0.298 e. The molecule has 0 unspecified atom stereocenters. The number of fused-ring (bicyclic) bond motifs is 1. The molecule has 4 nitrogen and oxygen atoms in total. The lowest BCUT2D eigenvalue weighted by molar-refractivity contribution is 0.167. The normalized spacial score (nSPS) is 11.0. The Morgan fingerprint density at radius 3 is 2.61 bits per heavy atom. The van der Waals surface area contributed by atoms with Crippen molar-refractivity contribution in [1.29, 1.82) is 0 Å². The van der Waals surface area contributed by atoms with E-state index in [2.05, 4.69) is 34.7 Å². The highest BCUT2D eigenvalue weighted by Crippen LogP contribution is 2.28. The zero-order valence-corrected chi connectivity index (χ0v) is 15.9. The molecular formula is C23H18N2O2S. The number of anilines is 1. The van der Waals surface area contributed by atoms with Gasteiger partial charge in [-0.15, -0.1) is 11.3 Å². The van der Waals surface area contributed by atoms with Crippen molar-refractivity contribution in [2.45, 2.75) is 6.42 Å². The first-order valence-corrected chi connectivity index (χ1v) is 9.73. The van der Waals surface area contributed by atoms with Gasteiger partial charge in [-0.25, -0.2) is 4.79 Å². The van der Waals surface area contributed by atoms with Crippen LogP contribution in [0.25, 0.3) is 21.2 Å². The fourth-order valence-corrected chi connectivity index (χ4v) is 3.89. The number of hydrogen-bond donors (Lipinski definition) is 1. The van der Waals surface area contributed by atoms with Gasteiger partial charge in [0.05, 0.1) is 5.69 Å². The first-order valence-electron chi connectivity index (χ1n) is 8.91. The Hall–Kier alpha value is -3.44. The SMILES string of the molecule is O=C(Nc1cccc2ccccc12)ON=CCc1ccc(-c2ccccc2)s1. The van der Waals surface area contributed by atoms with E-state index in [-0.39, 0.29) is 0 Å². The summed E-state index contributed by atoms with van der Waals surface area (Å²) in [6.07, 6.45) is 1.60. The van der Waals surface area contributed by atoms with E-state index in [4.69, 9.17) is 4.84 Å². The van der Waals surface area contributed by atoms with Gasteiger partial charge in [-0.2, -0.15) is 0 Å². The molecule has 0 saturated carbocycles. The van der Waals surface area contributed by atoms with Crippen LogP contribution in [-0.4, -0.2) is 12.3 Å². The average Bonchev–Trinajstić information content (AvgIpc) is 3.21. The van der Waals surface area contributed by atoms with Crippen LogP contribution in [0.4, 0.5) is 10.5 Å². The summed E-state index contributed by atoms with van der Waals surface area (Å²) in [7, 11) is 0. The molecule has 1 heterocycles. The molecule has 1 amide bonds. The fourth-order valence-electron chi connectivity index (χ4n) is 2.92. The van der Waals surface area contributed by atoms with Crippen LogP contribution in [0.15, 0.2) is 90.1 Å². The van der Waals surface area contributed by atoms with Crippen LogP contribution in [0.1, 0.15) is 4.88 Å². The molecule has 4 aromatic rings. The number of amides is 1. The molecular weight excluding hydrogens is 368 g/mol. The first kappa shape index (κ1) is 17.9. The van der Waals surface area contributed by atoms with E-state index in [1.807, 2.05) is 60.7 Å². The van der Waals surface area contributed by atoms with Crippen LogP contribution in [0.3, 0.4) is 0 Å². The predicted molar refractivity (Wildman–Crippen MR) is 116 cm³/mol. The lowest BCUT2D eigenvalue weighted by Crippen LogP contribution is -2.11. The highest BCUT2D eigenvalue weighted by Gasteiger charge is 2.06. The molecule has 1 N–H and O–H groups in total. The Bertz CT molecular complexity index is 1110. The molecule has 28 heavy (non-hydrogen) atoms. The fraction of sp³-hybridized carbons (Fsp3) is 0.0435.